The minimum Gasteiger partial charge on any atom is -0.381 e. The van der Waals surface area contributed by atoms with Gasteiger partial charge in [-0.2, -0.15) is 0 Å². The molecule has 1 spiro atoms. The molecule has 1 N–H and O–H groups in total. The molecule has 2 aliphatic heterocycles. The van der Waals surface area contributed by atoms with Crippen LogP contribution in [0.4, 0.5) is 0 Å². The molecule has 4 heteroatoms. The minimum absolute atomic E-state index is 0.281. The number of hydrogen-bond acceptors (Lipinski definition) is 3. The predicted molar refractivity (Wildman–Crippen MR) is 84.0 cm³/mol. The van der Waals surface area contributed by atoms with E-state index in [0.717, 1.165) is 31.8 Å². The number of unbranched alkanes of at least 4 members (excludes halogenated alkanes) is 3. The highest BCUT2D eigenvalue weighted by Crippen LogP contribution is 2.32. The van der Waals surface area contributed by atoms with Gasteiger partial charge in [0.2, 0.25) is 0 Å². The van der Waals surface area contributed by atoms with E-state index in [1.165, 1.54) is 37.3 Å². The van der Waals surface area contributed by atoms with Gasteiger partial charge >= 0.3 is 0 Å². The molecule has 2 rings (SSSR count). The maximum absolute atomic E-state index is 5.46. The quantitative estimate of drug-likeness (QED) is 0.757. The highest BCUT2D eigenvalue weighted by atomic mass is 32.2. The van der Waals surface area contributed by atoms with Crippen LogP contribution in [0.2, 0.25) is 0 Å². The summed E-state index contributed by atoms with van der Waals surface area (Å²) in [4.78, 5) is 4.85. The molecule has 1 atom stereocenters. The van der Waals surface area contributed by atoms with Gasteiger partial charge in [-0.15, -0.1) is 0 Å². The number of hydrogen-bond donors (Lipinski definition) is 1. The maximum Gasteiger partial charge on any atom is 0.157 e. The number of nitrogens with one attached hydrogen (secondary N) is 1. The minimum atomic E-state index is 0.281. The zero-order valence-electron chi connectivity index (χ0n) is 12.4. The lowest BCUT2D eigenvalue weighted by molar-refractivity contribution is 0.0555. The molecule has 1 unspecified atom stereocenters. The van der Waals surface area contributed by atoms with Crippen LogP contribution in [0.1, 0.15) is 58.8 Å². The lowest BCUT2D eigenvalue weighted by Crippen LogP contribution is -2.48. The van der Waals surface area contributed by atoms with Crippen molar-refractivity contribution in [1.82, 2.24) is 5.32 Å². The van der Waals surface area contributed by atoms with E-state index >= 15 is 0 Å². The van der Waals surface area contributed by atoms with E-state index in [4.69, 9.17) is 9.73 Å². The summed E-state index contributed by atoms with van der Waals surface area (Å²) >= 11 is 1.90. The normalized spacial score (nSPS) is 25.7. The number of aliphatic imine (C=N–C) groups is 1. The van der Waals surface area contributed by atoms with Crippen molar-refractivity contribution in [1.29, 1.82) is 0 Å². The molecule has 0 aromatic heterocycles. The predicted octanol–water partition coefficient (Wildman–Crippen LogP) is 3.59. The molecule has 0 aromatic carbocycles. The topological polar surface area (TPSA) is 33.6 Å². The van der Waals surface area contributed by atoms with Gasteiger partial charge in [-0.1, -0.05) is 44.4 Å². The smallest absolute Gasteiger partial charge is 0.157 e. The van der Waals surface area contributed by atoms with Crippen molar-refractivity contribution in [2.75, 3.05) is 19.0 Å². The first-order valence-corrected chi connectivity index (χ1v) is 8.79. The summed E-state index contributed by atoms with van der Waals surface area (Å²) in [6.45, 7) is 6.30. The molecule has 0 aliphatic carbocycles. The average Bonchev–Trinajstić information content (AvgIpc) is 2.78. The van der Waals surface area contributed by atoms with E-state index in [9.17, 15) is 0 Å². The second-order valence-corrected chi connectivity index (χ2v) is 6.90. The first-order chi connectivity index (χ1) is 9.24. The van der Waals surface area contributed by atoms with Crippen LogP contribution in [0.5, 0.6) is 0 Å². The van der Waals surface area contributed by atoms with Crippen molar-refractivity contribution in [2.24, 2.45) is 4.99 Å². The van der Waals surface area contributed by atoms with Gasteiger partial charge in [-0.3, -0.25) is 4.99 Å². The van der Waals surface area contributed by atoms with Gasteiger partial charge in [-0.05, 0) is 26.2 Å². The fourth-order valence-electron chi connectivity index (χ4n) is 2.74. The second-order valence-electron chi connectivity index (χ2n) is 5.94. The van der Waals surface area contributed by atoms with Gasteiger partial charge in [0, 0.05) is 25.0 Å². The molecule has 2 aliphatic rings. The first kappa shape index (κ1) is 15.2. The molecule has 0 bridgehead atoms. The lowest BCUT2D eigenvalue weighted by Gasteiger charge is -2.32. The fraction of sp³-hybridized carbons (Fsp3) is 0.933. The molecule has 19 heavy (non-hydrogen) atoms. The van der Waals surface area contributed by atoms with Crippen molar-refractivity contribution in [3.05, 3.63) is 0 Å². The summed E-state index contributed by atoms with van der Waals surface area (Å²) in [6, 6.07) is 0.460. The van der Waals surface area contributed by atoms with Crippen LogP contribution in [-0.2, 0) is 4.74 Å². The Morgan fingerprint density at radius 3 is 2.84 bits per heavy atom. The maximum atomic E-state index is 5.46. The molecular formula is C15H28N2OS. The third-order valence-electron chi connectivity index (χ3n) is 4.12. The van der Waals surface area contributed by atoms with Crippen LogP contribution < -0.4 is 5.32 Å². The molecule has 0 radical (unpaired) electrons. The Hall–Kier alpha value is -0.220. The summed E-state index contributed by atoms with van der Waals surface area (Å²) in [5.41, 5.74) is 0.281. The Bertz CT molecular complexity index is 301. The average molecular weight is 284 g/mol. The zero-order chi connectivity index (χ0) is 13.6. The summed E-state index contributed by atoms with van der Waals surface area (Å²) in [5.74, 6) is 1.16. The standard InChI is InChI=1S/C15H28N2OS/c1-3-4-5-6-7-13(2)16-14-17-15(12-19-14)8-10-18-11-9-15/h13H,3-12H2,1-2H3,(H,16,17). The second kappa shape index (κ2) is 7.53. The van der Waals surface area contributed by atoms with Gasteiger partial charge in [0.1, 0.15) is 0 Å². The molecule has 2 fully saturated rings. The Morgan fingerprint density at radius 2 is 2.11 bits per heavy atom. The molecule has 2 saturated heterocycles. The third-order valence-corrected chi connectivity index (χ3v) is 5.30. The Balaban J connectivity index is 1.74. The van der Waals surface area contributed by atoms with E-state index in [0.29, 0.717) is 6.04 Å². The van der Waals surface area contributed by atoms with E-state index in [-0.39, 0.29) is 5.54 Å². The first-order valence-electron chi connectivity index (χ1n) is 7.81. The molecule has 0 amide bonds. The van der Waals surface area contributed by atoms with Crippen LogP contribution in [0, 0.1) is 0 Å². The number of thioether (sulfide) groups is 1. The molecule has 2 heterocycles. The van der Waals surface area contributed by atoms with Gasteiger partial charge in [0.25, 0.3) is 0 Å². The van der Waals surface area contributed by atoms with E-state index in [2.05, 4.69) is 19.2 Å². The molecule has 0 aromatic rings. The van der Waals surface area contributed by atoms with Crippen molar-refractivity contribution in [3.63, 3.8) is 0 Å². The van der Waals surface area contributed by atoms with Crippen LogP contribution in [0.25, 0.3) is 0 Å². The van der Waals surface area contributed by atoms with Crippen molar-refractivity contribution in [2.45, 2.75) is 70.4 Å². The van der Waals surface area contributed by atoms with Crippen LogP contribution in [0.15, 0.2) is 4.99 Å². The van der Waals surface area contributed by atoms with E-state index < -0.39 is 0 Å². The summed E-state index contributed by atoms with van der Waals surface area (Å²) in [7, 11) is 0. The van der Waals surface area contributed by atoms with Crippen LogP contribution >= 0.6 is 11.8 Å². The highest BCUT2D eigenvalue weighted by Gasteiger charge is 2.38. The largest absolute Gasteiger partial charge is 0.381 e. The van der Waals surface area contributed by atoms with Gasteiger partial charge in [0.05, 0.1) is 5.54 Å². The SMILES string of the molecule is CCCCCCC(C)N=C1NC2(CCOCC2)CS1. The number of nitrogens with zero attached hydrogens (tertiary/aromatic N) is 1. The molecule has 110 valence electrons. The summed E-state index contributed by atoms with van der Waals surface area (Å²) < 4.78 is 5.46. The van der Waals surface area contributed by atoms with Gasteiger partial charge in [-0.25, -0.2) is 0 Å². The molecular weight excluding hydrogens is 256 g/mol. The lowest BCUT2D eigenvalue weighted by atomic mass is 9.93. The van der Waals surface area contributed by atoms with Crippen molar-refractivity contribution < 1.29 is 4.74 Å². The van der Waals surface area contributed by atoms with Crippen LogP contribution in [-0.4, -0.2) is 35.7 Å². The van der Waals surface area contributed by atoms with Gasteiger partial charge in [0.15, 0.2) is 5.17 Å². The van der Waals surface area contributed by atoms with Crippen LogP contribution in [0.3, 0.4) is 0 Å². The Labute approximate surface area is 122 Å². The van der Waals surface area contributed by atoms with Gasteiger partial charge < -0.3 is 10.1 Å². The van der Waals surface area contributed by atoms with E-state index in [1.54, 1.807) is 0 Å². The summed E-state index contributed by atoms with van der Waals surface area (Å²) in [6.07, 6.45) is 8.82. The Morgan fingerprint density at radius 1 is 1.32 bits per heavy atom. The summed E-state index contributed by atoms with van der Waals surface area (Å²) in [5, 5.41) is 4.84. The fourth-order valence-corrected chi connectivity index (χ4v) is 4.05. The molecule has 3 nitrogen and oxygen atoms in total. The Kier molecular flexibility index (Phi) is 6.02. The number of amidine groups is 1. The number of ether oxygens (including phenoxy) is 1. The highest BCUT2D eigenvalue weighted by molar-refractivity contribution is 8.14. The zero-order valence-corrected chi connectivity index (χ0v) is 13.2. The third kappa shape index (κ3) is 4.67. The monoisotopic (exact) mass is 284 g/mol. The van der Waals surface area contributed by atoms with E-state index in [1.807, 2.05) is 11.8 Å². The van der Waals surface area contributed by atoms with Crippen molar-refractivity contribution in [3.8, 4) is 0 Å². The van der Waals surface area contributed by atoms with Crippen molar-refractivity contribution >= 4 is 16.9 Å². The molecule has 0 saturated carbocycles. The number of rotatable bonds is 6.